The minimum Gasteiger partial charge on any atom is -0.480 e. The zero-order chi connectivity index (χ0) is 23.8. The van der Waals surface area contributed by atoms with Crippen molar-refractivity contribution in [1.82, 2.24) is 10.6 Å². The Morgan fingerprint density at radius 3 is 2.42 bits per heavy atom. The zero-order valence-corrected chi connectivity index (χ0v) is 19.4. The molecule has 3 aromatic rings. The maximum Gasteiger partial charge on any atom is 0.322 e. The molecule has 0 saturated heterocycles. The van der Waals surface area contributed by atoms with Crippen LogP contribution >= 0.6 is 0 Å². The highest BCUT2D eigenvalue weighted by Crippen LogP contribution is 2.24. The van der Waals surface area contributed by atoms with Gasteiger partial charge in [-0.25, -0.2) is 0 Å². The van der Waals surface area contributed by atoms with Gasteiger partial charge in [-0.3, -0.25) is 9.59 Å². The molecular formula is C27H32N2O4. The van der Waals surface area contributed by atoms with Gasteiger partial charge >= 0.3 is 5.97 Å². The summed E-state index contributed by atoms with van der Waals surface area (Å²) >= 11 is 0. The molecule has 0 saturated carbocycles. The van der Waals surface area contributed by atoms with E-state index in [2.05, 4.69) is 60.0 Å². The first-order valence-corrected chi connectivity index (χ1v) is 11.3. The molecular weight excluding hydrogens is 416 g/mol. The SMILES string of the molecule is CC(NCCCc1ccc(OC(C)(C)C(=O)NCC(=O)O)cc1)c1cccc2ccccc12. The molecule has 0 aromatic heterocycles. The Hall–Kier alpha value is -3.38. The van der Waals surface area contributed by atoms with E-state index >= 15 is 0 Å². The van der Waals surface area contributed by atoms with Crippen molar-refractivity contribution in [3.8, 4) is 5.75 Å². The summed E-state index contributed by atoms with van der Waals surface area (Å²) in [6.07, 6.45) is 1.93. The molecule has 0 aliphatic rings. The molecule has 6 nitrogen and oxygen atoms in total. The van der Waals surface area contributed by atoms with Crippen LogP contribution < -0.4 is 15.4 Å². The summed E-state index contributed by atoms with van der Waals surface area (Å²) < 4.78 is 5.77. The highest BCUT2D eigenvalue weighted by Gasteiger charge is 2.30. The second kappa shape index (κ2) is 11.0. The number of hydrogen-bond acceptors (Lipinski definition) is 4. The van der Waals surface area contributed by atoms with Gasteiger partial charge in [-0.1, -0.05) is 54.6 Å². The average Bonchev–Trinajstić information content (AvgIpc) is 2.80. The fourth-order valence-corrected chi connectivity index (χ4v) is 3.78. The molecule has 0 fully saturated rings. The topological polar surface area (TPSA) is 87.7 Å². The molecule has 1 amide bonds. The van der Waals surface area contributed by atoms with Crippen LogP contribution in [0, 0.1) is 0 Å². The van der Waals surface area contributed by atoms with Crippen molar-refractivity contribution in [3.63, 3.8) is 0 Å². The lowest BCUT2D eigenvalue weighted by atomic mass is 9.99. The Balaban J connectivity index is 1.46. The second-order valence-electron chi connectivity index (χ2n) is 8.68. The number of carboxylic acids is 1. The van der Waals surface area contributed by atoms with E-state index < -0.39 is 24.0 Å². The zero-order valence-electron chi connectivity index (χ0n) is 19.4. The summed E-state index contributed by atoms with van der Waals surface area (Å²) in [6, 6.07) is 22.8. The number of carboxylic acid groups (broad SMARTS) is 1. The van der Waals surface area contributed by atoms with Crippen LogP contribution in [0.2, 0.25) is 0 Å². The van der Waals surface area contributed by atoms with E-state index in [1.165, 1.54) is 21.9 Å². The number of hydrogen-bond donors (Lipinski definition) is 3. The third-order valence-corrected chi connectivity index (χ3v) is 5.63. The van der Waals surface area contributed by atoms with E-state index in [-0.39, 0.29) is 6.04 Å². The highest BCUT2D eigenvalue weighted by atomic mass is 16.5. The number of benzene rings is 3. The molecule has 3 N–H and O–H groups in total. The number of fused-ring (bicyclic) bond motifs is 1. The average molecular weight is 449 g/mol. The molecule has 1 unspecified atom stereocenters. The Morgan fingerprint density at radius 1 is 1.00 bits per heavy atom. The minimum atomic E-state index is -1.17. The van der Waals surface area contributed by atoms with Gasteiger partial charge in [-0.15, -0.1) is 0 Å². The number of ether oxygens (including phenoxy) is 1. The molecule has 33 heavy (non-hydrogen) atoms. The summed E-state index contributed by atoms with van der Waals surface area (Å²) in [4.78, 5) is 22.8. The Morgan fingerprint density at radius 2 is 1.70 bits per heavy atom. The maximum absolute atomic E-state index is 12.1. The van der Waals surface area contributed by atoms with E-state index in [1.807, 2.05) is 24.3 Å². The first-order chi connectivity index (χ1) is 15.8. The standard InChI is InChI=1S/C27H32N2O4/c1-19(23-12-6-10-21-9-4-5-11-24(21)23)28-17-7-8-20-13-15-22(16-14-20)33-27(2,3)26(32)29-18-25(30)31/h4-6,9-16,19,28H,7-8,17-18H2,1-3H3,(H,29,32)(H,30,31). The fourth-order valence-electron chi connectivity index (χ4n) is 3.78. The molecule has 0 spiro atoms. The number of nitrogens with one attached hydrogen (secondary N) is 2. The quantitative estimate of drug-likeness (QED) is 0.377. The smallest absolute Gasteiger partial charge is 0.322 e. The van der Waals surface area contributed by atoms with Crippen LogP contribution in [0.4, 0.5) is 0 Å². The van der Waals surface area contributed by atoms with Gasteiger partial charge in [0, 0.05) is 6.04 Å². The van der Waals surface area contributed by atoms with Crippen LogP contribution in [-0.4, -0.2) is 35.7 Å². The number of amides is 1. The van der Waals surface area contributed by atoms with E-state index in [9.17, 15) is 9.59 Å². The van der Waals surface area contributed by atoms with Crippen molar-refractivity contribution >= 4 is 22.6 Å². The number of aliphatic carboxylic acids is 1. The molecule has 0 bridgehead atoms. The Kier molecular flexibility index (Phi) is 8.06. The monoisotopic (exact) mass is 448 g/mol. The van der Waals surface area contributed by atoms with Gasteiger partial charge in [0.15, 0.2) is 5.60 Å². The maximum atomic E-state index is 12.1. The van der Waals surface area contributed by atoms with Crippen molar-refractivity contribution in [2.24, 2.45) is 0 Å². The van der Waals surface area contributed by atoms with Gasteiger partial charge in [0.25, 0.3) is 5.91 Å². The lowest BCUT2D eigenvalue weighted by Crippen LogP contribution is -2.47. The van der Waals surface area contributed by atoms with Crippen LogP contribution in [0.3, 0.4) is 0 Å². The second-order valence-corrected chi connectivity index (χ2v) is 8.68. The number of aryl methyl sites for hydroxylation is 1. The summed E-state index contributed by atoms with van der Waals surface area (Å²) in [7, 11) is 0. The summed E-state index contributed by atoms with van der Waals surface area (Å²) in [5, 5.41) is 17.2. The van der Waals surface area contributed by atoms with E-state index in [0.717, 1.165) is 19.4 Å². The molecule has 3 rings (SSSR count). The highest BCUT2D eigenvalue weighted by molar-refractivity contribution is 5.87. The predicted octanol–water partition coefficient (Wildman–Crippen LogP) is 4.48. The molecule has 1 atom stereocenters. The first kappa shape index (κ1) is 24.3. The molecule has 0 aliphatic carbocycles. The largest absolute Gasteiger partial charge is 0.480 e. The molecule has 174 valence electrons. The van der Waals surface area contributed by atoms with Crippen LogP contribution in [0.15, 0.2) is 66.7 Å². The van der Waals surface area contributed by atoms with Crippen molar-refractivity contribution < 1.29 is 19.4 Å². The van der Waals surface area contributed by atoms with E-state index in [4.69, 9.17) is 9.84 Å². The minimum absolute atomic E-state index is 0.265. The predicted molar refractivity (Wildman–Crippen MR) is 130 cm³/mol. The third-order valence-electron chi connectivity index (χ3n) is 5.63. The number of carbonyl (C=O) groups excluding carboxylic acids is 1. The van der Waals surface area contributed by atoms with Crippen molar-refractivity contribution in [1.29, 1.82) is 0 Å². The van der Waals surface area contributed by atoms with Gasteiger partial charge in [0.05, 0.1) is 0 Å². The Bertz CT molecular complexity index is 1090. The van der Waals surface area contributed by atoms with Gasteiger partial charge in [-0.2, -0.15) is 0 Å². The molecule has 0 aliphatic heterocycles. The molecule has 3 aromatic carbocycles. The van der Waals surface area contributed by atoms with Gasteiger partial charge in [0.1, 0.15) is 12.3 Å². The van der Waals surface area contributed by atoms with Crippen LogP contribution in [0.5, 0.6) is 5.75 Å². The van der Waals surface area contributed by atoms with E-state index in [0.29, 0.717) is 5.75 Å². The lowest BCUT2D eigenvalue weighted by molar-refractivity contribution is -0.141. The van der Waals surface area contributed by atoms with Crippen LogP contribution in [0.1, 0.15) is 44.4 Å². The first-order valence-electron chi connectivity index (χ1n) is 11.3. The van der Waals surface area contributed by atoms with E-state index in [1.54, 1.807) is 13.8 Å². The summed E-state index contributed by atoms with van der Waals surface area (Å²) in [5.74, 6) is -0.998. The Labute approximate surface area is 195 Å². The van der Waals surface area contributed by atoms with Gasteiger partial charge in [0.2, 0.25) is 0 Å². The third kappa shape index (κ3) is 6.80. The van der Waals surface area contributed by atoms with Gasteiger partial charge < -0.3 is 20.5 Å². The normalized spacial score (nSPS) is 12.3. The molecule has 0 radical (unpaired) electrons. The van der Waals surface area contributed by atoms with Gasteiger partial charge in [-0.05, 0) is 74.2 Å². The molecule has 6 heteroatoms. The summed E-state index contributed by atoms with van der Waals surface area (Å²) in [5.41, 5.74) is 1.33. The van der Waals surface area contributed by atoms with Crippen LogP contribution in [-0.2, 0) is 16.0 Å². The molecule has 0 heterocycles. The number of rotatable bonds is 11. The van der Waals surface area contributed by atoms with Crippen molar-refractivity contribution in [3.05, 3.63) is 77.9 Å². The fraction of sp³-hybridized carbons (Fsp3) is 0.333. The van der Waals surface area contributed by atoms with Crippen molar-refractivity contribution in [2.75, 3.05) is 13.1 Å². The number of carbonyl (C=O) groups is 2. The van der Waals surface area contributed by atoms with Crippen molar-refractivity contribution in [2.45, 2.75) is 45.3 Å². The summed E-state index contributed by atoms with van der Waals surface area (Å²) in [6.45, 7) is 5.89. The van der Waals surface area contributed by atoms with Crippen LogP contribution in [0.25, 0.3) is 10.8 Å². The lowest BCUT2D eigenvalue weighted by Gasteiger charge is -2.25.